The molecule has 128 valence electrons. The molecule has 0 amide bonds. The third kappa shape index (κ3) is 5.33. The largest absolute Gasteiger partial charge is 0.496 e. The minimum atomic E-state index is -4.38. The van der Waals surface area contributed by atoms with E-state index in [9.17, 15) is 13.2 Å². The smallest absolute Gasteiger partial charge is 0.422 e. The second-order valence-corrected chi connectivity index (χ2v) is 4.55. The van der Waals surface area contributed by atoms with Crippen LogP contribution in [0.1, 0.15) is 0 Å². The third-order valence-corrected chi connectivity index (χ3v) is 2.88. The summed E-state index contributed by atoms with van der Waals surface area (Å²) in [5.74, 6) is 0.631. The van der Waals surface area contributed by atoms with Gasteiger partial charge in [-0.1, -0.05) is 0 Å². The number of rotatable bonds is 6. The summed E-state index contributed by atoms with van der Waals surface area (Å²) in [6.07, 6.45) is -1.04. The lowest BCUT2D eigenvalue weighted by atomic mass is 10.1. The zero-order valence-electron chi connectivity index (χ0n) is 12.3. The molecule has 1 aromatic carbocycles. The molecule has 23 heavy (non-hydrogen) atoms. The second kappa shape index (κ2) is 8.07. The van der Waals surface area contributed by atoms with Gasteiger partial charge in [-0.05, 0) is 18.2 Å². The minimum absolute atomic E-state index is 0. The number of methoxy groups -OCH3 is 1. The fraction of sp³-hybridized carbons (Fsp3) is 0.357. The standard InChI is InChI=1S/C14H16F3N3O2.ClH/c1-21-13-3-2-11(22-9-14(15,16)17)6-12(13)10-7-19-20(8-10)5-4-18;/h2-3,6-8H,4-5,9,18H2,1H3;1H. The highest BCUT2D eigenvalue weighted by molar-refractivity contribution is 5.85. The van der Waals surface area contributed by atoms with Gasteiger partial charge in [0.2, 0.25) is 0 Å². The second-order valence-electron chi connectivity index (χ2n) is 4.55. The minimum Gasteiger partial charge on any atom is -0.496 e. The van der Waals surface area contributed by atoms with Crippen LogP contribution in [0.2, 0.25) is 0 Å². The summed E-state index contributed by atoms with van der Waals surface area (Å²) in [4.78, 5) is 0. The highest BCUT2D eigenvalue weighted by Gasteiger charge is 2.28. The van der Waals surface area contributed by atoms with Crippen molar-refractivity contribution in [3.63, 3.8) is 0 Å². The van der Waals surface area contributed by atoms with E-state index >= 15 is 0 Å². The molecule has 2 aromatic rings. The number of ether oxygens (including phenoxy) is 2. The summed E-state index contributed by atoms with van der Waals surface area (Å²) in [5.41, 5.74) is 6.77. The Bertz CT molecular complexity index is 632. The molecule has 0 aliphatic heterocycles. The molecule has 0 atom stereocenters. The Morgan fingerprint density at radius 3 is 2.65 bits per heavy atom. The van der Waals surface area contributed by atoms with E-state index in [1.54, 1.807) is 23.1 Å². The summed E-state index contributed by atoms with van der Waals surface area (Å²) in [5, 5.41) is 4.13. The number of aromatic nitrogens is 2. The summed E-state index contributed by atoms with van der Waals surface area (Å²) in [6.45, 7) is -0.356. The molecule has 0 unspecified atom stereocenters. The normalized spacial score (nSPS) is 11.0. The average Bonchev–Trinajstić information content (AvgIpc) is 2.93. The van der Waals surface area contributed by atoms with Crippen LogP contribution in [0.3, 0.4) is 0 Å². The lowest BCUT2D eigenvalue weighted by molar-refractivity contribution is -0.153. The number of halogens is 4. The molecule has 2 N–H and O–H groups in total. The van der Waals surface area contributed by atoms with Crippen LogP contribution in [0, 0.1) is 0 Å². The molecule has 9 heteroatoms. The van der Waals surface area contributed by atoms with Crippen LogP contribution >= 0.6 is 12.4 Å². The van der Waals surface area contributed by atoms with Gasteiger partial charge in [0.1, 0.15) is 11.5 Å². The maximum absolute atomic E-state index is 12.2. The maximum atomic E-state index is 12.2. The van der Waals surface area contributed by atoms with E-state index in [1.165, 1.54) is 19.2 Å². The third-order valence-electron chi connectivity index (χ3n) is 2.88. The number of benzene rings is 1. The van der Waals surface area contributed by atoms with Gasteiger partial charge in [0, 0.05) is 23.9 Å². The van der Waals surface area contributed by atoms with Crippen molar-refractivity contribution < 1.29 is 22.6 Å². The molecule has 0 aliphatic carbocycles. The van der Waals surface area contributed by atoms with Gasteiger partial charge >= 0.3 is 6.18 Å². The van der Waals surface area contributed by atoms with Gasteiger partial charge in [0.05, 0.1) is 19.9 Å². The van der Waals surface area contributed by atoms with Crippen molar-refractivity contribution in [2.45, 2.75) is 12.7 Å². The predicted molar refractivity (Wildman–Crippen MR) is 82.1 cm³/mol. The first-order chi connectivity index (χ1) is 10.4. The summed E-state index contributed by atoms with van der Waals surface area (Å²) in [7, 11) is 1.49. The van der Waals surface area contributed by atoms with Gasteiger partial charge in [-0.25, -0.2) is 0 Å². The van der Waals surface area contributed by atoms with Crippen LogP contribution in [-0.2, 0) is 6.54 Å². The Morgan fingerprint density at radius 1 is 1.30 bits per heavy atom. The average molecular weight is 352 g/mol. The predicted octanol–water partition coefficient (Wildman–Crippen LogP) is 2.88. The number of alkyl halides is 3. The van der Waals surface area contributed by atoms with E-state index in [4.69, 9.17) is 15.2 Å². The van der Waals surface area contributed by atoms with E-state index in [0.717, 1.165) is 0 Å². The van der Waals surface area contributed by atoms with Crippen molar-refractivity contribution in [3.05, 3.63) is 30.6 Å². The molecule has 2 rings (SSSR count). The van der Waals surface area contributed by atoms with Gasteiger partial charge in [-0.3, -0.25) is 4.68 Å². The zero-order valence-corrected chi connectivity index (χ0v) is 13.2. The zero-order chi connectivity index (χ0) is 16.2. The van der Waals surface area contributed by atoms with E-state index < -0.39 is 12.8 Å². The molecular formula is C14H17ClF3N3O2. The van der Waals surface area contributed by atoms with Crippen molar-refractivity contribution >= 4 is 12.4 Å². The quantitative estimate of drug-likeness (QED) is 0.869. The Balaban J connectivity index is 0.00000264. The number of nitrogens with zero attached hydrogens (tertiary/aromatic N) is 2. The van der Waals surface area contributed by atoms with E-state index in [0.29, 0.717) is 30.0 Å². The number of hydrogen-bond donors (Lipinski definition) is 1. The van der Waals surface area contributed by atoms with Crippen molar-refractivity contribution in [1.29, 1.82) is 0 Å². The first kappa shape index (κ1) is 19.1. The van der Waals surface area contributed by atoms with Crippen LogP contribution in [-0.4, -0.2) is 36.2 Å². The van der Waals surface area contributed by atoms with Gasteiger partial charge in [0.15, 0.2) is 6.61 Å². The van der Waals surface area contributed by atoms with Crippen molar-refractivity contribution in [2.24, 2.45) is 5.73 Å². The molecule has 0 spiro atoms. The number of nitrogens with two attached hydrogens (primary N) is 1. The van der Waals surface area contributed by atoms with Gasteiger partial charge in [-0.15, -0.1) is 12.4 Å². The molecule has 0 aliphatic rings. The van der Waals surface area contributed by atoms with Crippen molar-refractivity contribution in [3.8, 4) is 22.6 Å². The summed E-state index contributed by atoms with van der Waals surface area (Å²) >= 11 is 0. The molecule has 1 aromatic heterocycles. The monoisotopic (exact) mass is 351 g/mol. The molecule has 0 saturated carbocycles. The van der Waals surface area contributed by atoms with Crippen LogP contribution in [0.5, 0.6) is 11.5 Å². The van der Waals surface area contributed by atoms with E-state index in [1.807, 2.05) is 0 Å². The molecule has 5 nitrogen and oxygen atoms in total. The summed E-state index contributed by atoms with van der Waals surface area (Å²) < 4.78 is 48.3. The van der Waals surface area contributed by atoms with E-state index in [-0.39, 0.29) is 18.2 Å². The molecule has 1 heterocycles. The maximum Gasteiger partial charge on any atom is 0.422 e. The first-order valence-electron chi connectivity index (χ1n) is 6.53. The molecule has 0 radical (unpaired) electrons. The highest BCUT2D eigenvalue weighted by atomic mass is 35.5. The van der Waals surface area contributed by atoms with Crippen LogP contribution in [0.15, 0.2) is 30.6 Å². The Kier molecular flexibility index (Phi) is 6.71. The highest BCUT2D eigenvalue weighted by Crippen LogP contribution is 2.33. The van der Waals surface area contributed by atoms with Crippen LogP contribution in [0.4, 0.5) is 13.2 Å². The van der Waals surface area contributed by atoms with Gasteiger partial charge in [0.25, 0.3) is 0 Å². The van der Waals surface area contributed by atoms with Crippen molar-refractivity contribution in [1.82, 2.24) is 9.78 Å². The fourth-order valence-electron chi connectivity index (χ4n) is 1.92. The van der Waals surface area contributed by atoms with Crippen molar-refractivity contribution in [2.75, 3.05) is 20.3 Å². The molecular weight excluding hydrogens is 335 g/mol. The van der Waals surface area contributed by atoms with Crippen LogP contribution in [0.25, 0.3) is 11.1 Å². The Hall–Kier alpha value is -1.93. The van der Waals surface area contributed by atoms with Gasteiger partial charge in [-0.2, -0.15) is 18.3 Å². The first-order valence-corrected chi connectivity index (χ1v) is 6.53. The summed E-state index contributed by atoms with van der Waals surface area (Å²) in [6, 6.07) is 4.48. The van der Waals surface area contributed by atoms with Gasteiger partial charge < -0.3 is 15.2 Å². The Labute approximate surface area is 137 Å². The van der Waals surface area contributed by atoms with E-state index in [2.05, 4.69) is 5.10 Å². The molecule has 0 saturated heterocycles. The SMILES string of the molecule is COc1ccc(OCC(F)(F)F)cc1-c1cnn(CCN)c1.Cl. The lowest BCUT2D eigenvalue weighted by Gasteiger charge is -2.12. The molecule has 0 fully saturated rings. The number of hydrogen-bond acceptors (Lipinski definition) is 4. The Morgan fingerprint density at radius 2 is 2.04 bits per heavy atom. The fourth-order valence-corrected chi connectivity index (χ4v) is 1.92. The lowest BCUT2D eigenvalue weighted by Crippen LogP contribution is -2.19. The molecule has 0 bridgehead atoms. The van der Waals surface area contributed by atoms with Crippen LogP contribution < -0.4 is 15.2 Å². The topological polar surface area (TPSA) is 62.3 Å².